The van der Waals surface area contributed by atoms with Gasteiger partial charge in [-0.25, -0.2) is 0 Å². The van der Waals surface area contributed by atoms with E-state index >= 15 is 0 Å². The number of rotatable bonds is 1. The van der Waals surface area contributed by atoms with Crippen molar-refractivity contribution >= 4 is 26.7 Å². The summed E-state index contributed by atoms with van der Waals surface area (Å²) in [5.41, 5.74) is 0.968. The molecule has 0 aliphatic rings. The van der Waals surface area contributed by atoms with E-state index in [1.54, 1.807) is 6.92 Å². The second-order valence-electron chi connectivity index (χ2n) is 3.39. The SMILES string of the molecule is CC(O)c1cc(Br)cc2ccccc12. The van der Waals surface area contributed by atoms with Crippen molar-refractivity contribution in [1.29, 1.82) is 0 Å². The normalized spacial score (nSPS) is 13.1. The first-order chi connectivity index (χ1) is 6.68. The zero-order valence-corrected chi connectivity index (χ0v) is 9.45. The molecule has 2 aromatic carbocycles. The summed E-state index contributed by atoms with van der Waals surface area (Å²) in [6.45, 7) is 1.79. The van der Waals surface area contributed by atoms with Crippen molar-refractivity contribution in [3.63, 3.8) is 0 Å². The van der Waals surface area contributed by atoms with Gasteiger partial charge in [-0.15, -0.1) is 0 Å². The highest BCUT2D eigenvalue weighted by Gasteiger charge is 2.06. The molecule has 72 valence electrons. The minimum atomic E-state index is -0.433. The molecule has 1 nitrogen and oxygen atoms in total. The summed E-state index contributed by atoms with van der Waals surface area (Å²) < 4.78 is 1.01. The van der Waals surface area contributed by atoms with Crippen LogP contribution in [0, 0.1) is 0 Å². The second-order valence-corrected chi connectivity index (χ2v) is 4.31. The second kappa shape index (κ2) is 3.71. The lowest BCUT2D eigenvalue weighted by molar-refractivity contribution is 0.201. The predicted molar refractivity (Wildman–Crippen MR) is 62.3 cm³/mol. The van der Waals surface area contributed by atoms with E-state index in [1.165, 1.54) is 0 Å². The average Bonchev–Trinajstić information content (AvgIpc) is 2.16. The Balaban J connectivity index is 2.80. The zero-order chi connectivity index (χ0) is 10.1. The van der Waals surface area contributed by atoms with E-state index in [1.807, 2.05) is 30.3 Å². The van der Waals surface area contributed by atoms with Crippen LogP contribution in [0.15, 0.2) is 40.9 Å². The van der Waals surface area contributed by atoms with E-state index in [2.05, 4.69) is 22.0 Å². The van der Waals surface area contributed by atoms with E-state index in [0.717, 1.165) is 20.8 Å². The van der Waals surface area contributed by atoms with Gasteiger partial charge in [-0.05, 0) is 35.4 Å². The molecule has 1 atom stereocenters. The van der Waals surface area contributed by atoms with Gasteiger partial charge in [0, 0.05) is 4.47 Å². The van der Waals surface area contributed by atoms with E-state index in [9.17, 15) is 5.11 Å². The van der Waals surface area contributed by atoms with Crippen molar-refractivity contribution in [1.82, 2.24) is 0 Å². The van der Waals surface area contributed by atoms with Crippen molar-refractivity contribution in [3.05, 3.63) is 46.4 Å². The summed E-state index contributed by atoms with van der Waals surface area (Å²) in [4.78, 5) is 0. The van der Waals surface area contributed by atoms with Crippen LogP contribution in [0.25, 0.3) is 10.8 Å². The Morgan fingerprint density at radius 3 is 2.64 bits per heavy atom. The van der Waals surface area contributed by atoms with Gasteiger partial charge < -0.3 is 5.11 Å². The third-order valence-corrected chi connectivity index (χ3v) is 2.77. The first-order valence-corrected chi connectivity index (χ1v) is 5.34. The van der Waals surface area contributed by atoms with Crippen LogP contribution in [0.2, 0.25) is 0 Å². The summed E-state index contributed by atoms with van der Waals surface area (Å²) >= 11 is 3.44. The topological polar surface area (TPSA) is 20.2 Å². The Bertz CT molecular complexity index is 463. The highest BCUT2D eigenvalue weighted by atomic mass is 79.9. The van der Waals surface area contributed by atoms with Gasteiger partial charge in [0.15, 0.2) is 0 Å². The maximum absolute atomic E-state index is 9.63. The fraction of sp³-hybridized carbons (Fsp3) is 0.167. The Hall–Kier alpha value is -0.860. The number of aliphatic hydroxyl groups is 1. The van der Waals surface area contributed by atoms with E-state index in [0.29, 0.717) is 0 Å². The lowest BCUT2D eigenvalue weighted by atomic mass is 10.0. The minimum absolute atomic E-state index is 0.433. The number of fused-ring (bicyclic) bond motifs is 1. The molecular weight excluding hydrogens is 240 g/mol. The Kier molecular flexibility index (Phi) is 2.57. The zero-order valence-electron chi connectivity index (χ0n) is 7.87. The number of hydrogen-bond donors (Lipinski definition) is 1. The molecule has 0 heterocycles. The van der Waals surface area contributed by atoms with E-state index in [4.69, 9.17) is 0 Å². The summed E-state index contributed by atoms with van der Waals surface area (Å²) in [5.74, 6) is 0. The van der Waals surface area contributed by atoms with E-state index in [-0.39, 0.29) is 0 Å². The van der Waals surface area contributed by atoms with Crippen molar-refractivity contribution in [2.24, 2.45) is 0 Å². The molecule has 0 aromatic heterocycles. The fourth-order valence-electron chi connectivity index (χ4n) is 1.65. The van der Waals surface area contributed by atoms with Crippen LogP contribution in [0.1, 0.15) is 18.6 Å². The smallest absolute Gasteiger partial charge is 0.0768 e. The number of hydrogen-bond acceptors (Lipinski definition) is 1. The molecule has 0 bridgehead atoms. The van der Waals surface area contributed by atoms with Gasteiger partial charge >= 0.3 is 0 Å². The monoisotopic (exact) mass is 250 g/mol. The van der Waals surface area contributed by atoms with Crippen LogP contribution >= 0.6 is 15.9 Å². The van der Waals surface area contributed by atoms with Crippen molar-refractivity contribution < 1.29 is 5.11 Å². The summed E-state index contributed by atoms with van der Waals surface area (Å²) in [7, 11) is 0. The largest absolute Gasteiger partial charge is 0.389 e. The third-order valence-electron chi connectivity index (χ3n) is 2.31. The Labute approximate surface area is 91.5 Å². The van der Waals surface area contributed by atoms with Gasteiger partial charge in [0.25, 0.3) is 0 Å². The molecule has 0 amide bonds. The Morgan fingerprint density at radius 1 is 1.21 bits per heavy atom. The van der Waals surface area contributed by atoms with Crippen molar-refractivity contribution in [2.45, 2.75) is 13.0 Å². The molecule has 2 heteroatoms. The van der Waals surface area contributed by atoms with Gasteiger partial charge in [0.2, 0.25) is 0 Å². The molecule has 0 aliphatic heterocycles. The van der Waals surface area contributed by atoms with Crippen molar-refractivity contribution in [2.75, 3.05) is 0 Å². The molecule has 0 spiro atoms. The van der Waals surface area contributed by atoms with Crippen molar-refractivity contribution in [3.8, 4) is 0 Å². The summed E-state index contributed by atoms with van der Waals surface area (Å²) in [6.07, 6.45) is -0.433. The number of benzene rings is 2. The molecule has 1 unspecified atom stereocenters. The Morgan fingerprint density at radius 2 is 1.93 bits per heavy atom. The lowest BCUT2D eigenvalue weighted by Gasteiger charge is -2.09. The van der Waals surface area contributed by atoms with Gasteiger partial charge in [-0.3, -0.25) is 0 Å². The van der Waals surface area contributed by atoms with Gasteiger partial charge in [0.05, 0.1) is 6.10 Å². The quantitative estimate of drug-likeness (QED) is 0.820. The molecule has 0 radical (unpaired) electrons. The van der Waals surface area contributed by atoms with Crippen LogP contribution in [0.3, 0.4) is 0 Å². The molecule has 14 heavy (non-hydrogen) atoms. The number of aliphatic hydroxyl groups excluding tert-OH is 1. The molecule has 0 saturated heterocycles. The fourth-order valence-corrected chi connectivity index (χ4v) is 2.14. The lowest BCUT2D eigenvalue weighted by Crippen LogP contribution is -1.92. The molecule has 0 aliphatic carbocycles. The molecule has 0 fully saturated rings. The van der Waals surface area contributed by atoms with Crippen LogP contribution in [0.4, 0.5) is 0 Å². The highest BCUT2D eigenvalue weighted by molar-refractivity contribution is 9.10. The maximum Gasteiger partial charge on any atom is 0.0768 e. The molecular formula is C12H11BrO. The summed E-state index contributed by atoms with van der Waals surface area (Å²) in [5, 5.41) is 11.9. The molecule has 2 aromatic rings. The van der Waals surface area contributed by atoms with Crippen LogP contribution in [-0.2, 0) is 0 Å². The van der Waals surface area contributed by atoms with E-state index < -0.39 is 6.10 Å². The summed E-state index contributed by atoms with van der Waals surface area (Å²) in [6, 6.07) is 12.1. The van der Waals surface area contributed by atoms with Gasteiger partial charge in [-0.1, -0.05) is 40.2 Å². The molecule has 1 N–H and O–H groups in total. The van der Waals surface area contributed by atoms with Crippen LogP contribution in [-0.4, -0.2) is 5.11 Å². The maximum atomic E-state index is 9.63. The number of halogens is 1. The standard InChI is InChI=1S/C12H11BrO/c1-8(14)12-7-10(13)6-9-4-2-3-5-11(9)12/h2-8,14H,1H3. The molecule has 0 saturated carbocycles. The first-order valence-electron chi connectivity index (χ1n) is 4.55. The third kappa shape index (κ3) is 1.68. The predicted octanol–water partition coefficient (Wildman–Crippen LogP) is 3.66. The van der Waals surface area contributed by atoms with Gasteiger partial charge in [0.1, 0.15) is 0 Å². The van der Waals surface area contributed by atoms with Crippen LogP contribution < -0.4 is 0 Å². The van der Waals surface area contributed by atoms with Gasteiger partial charge in [-0.2, -0.15) is 0 Å². The minimum Gasteiger partial charge on any atom is -0.389 e. The van der Waals surface area contributed by atoms with Crippen LogP contribution in [0.5, 0.6) is 0 Å². The first kappa shape index (κ1) is 9.69. The molecule has 2 rings (SSSR count). The average molecular weight is 251 g/mol. The highest BCUT2D eigenvalue weighted by Crippen LogP contribution is 2.28.